The Balaban J connectivity index is 4.25. The molecule has 10 heteroatoms. The highest BCUT2D eigenvalue weighted by atomic mass is 19.4. The molecule has 0 aromatic rings. The number of nitrogens with zero attached hydrogens (tertiary/aromatic N) is 1. The van der Waals surface area contributed by atoms with Gasteiger partial charge < -0.3 is 15.2 Å². The van der Waals surface area contributed by atoms with Crippen LogP contribution in [0.15, 0.2) is 0 Å². The fourth-order valence-corrected chi connectivity index (χ4v) is 0.841. The molecule has 0 spiro atoms. The molecule has 1 unspecified atom stereocenters. The summed E-state index contributed by atoms with van der Waals surface area (Å²) in [6.45, 7) is -1.50. The lowest BCUT2D eigenvalue weighted by molar-refractivity contribution is -0.201. The van der Waals surface area contributed by atoms with Gasteiger partial charge in [-0.2, -0.15) is 13.2 Å². The van der Waals surface area contributed by atoms with Crippen molar-refractivity contribution in [1.82, 2.24) is 15.8 Å². The normalized spacial score (nSPS) is 12.8. The molecule has 0 heterocycles. The summed E-state index contributed by atoms with van der Waals surface area (Å²) in [6, 6.07) is -0.994. The number of amides is 2. The van der Waals surface area contributed by atoms with Crippen molar-refractivity contribution in [3.8, 4) is 0 Å². The fourth-order valence-electron chi connectivity index (χ4n) is 0.841. The standard InChI is InChI=1S/C8H14F3N3O4/c1-12-14(4-6(16)18-2)7(17)13-3-5(15)8(9,10)11/h5,12,15H,3-4H2,1-2H3,(H,13,17). The molecule has 0 aliphatic rings. The van der Waals surface area contributed by atoms with E-state index in [1.807, 2.05) is 5.32 Å². The fraction of sp³-hybridized carbons (Fsp3) is 0.750. The van der Waals surface area contributed by atoms with Crippen molar-refractivity contribution in [2.24, 2.45) is 0 Å². The summed E-state index contributed by atoms with van der Waals surface area (Å²) in [5.74, 6) is -0.754. The predicted molar refractivity (Wildman–Crippen MR) is 53.2 cm³/mol. The Morgan fingerprint density at radius 1 is 1.44 bits per heavy atom. The number of alkyl halides is 3. The van der Waals surface area contributed by atoms with Crippen molar-refractivity contribution in [3.63, 3.8) is 0 Å². The number of carbonyl (C=O) groups excluding carboxylic acids is 2. The van der Waals surface area contributed by atoms with Gasteiger partial charge in [0.15, 0.2) is 6.10 Å². The van der Waals surface area contributed by atoms with Crippen LogP contribution in [0.25, 0.3) is 0 Å². The lowest BCUT2D eigenvalue weighted by Gasteiger charge is -2.22. The van der Waals surface area contributed by atoms with Gasteiger partial charge in [0.05, 0.1) is 13.7 Å². The molecule has 106 valence electrons. The number of hydrogen-bond acceptors (Lipinski definition) is 5. The Morgan fingerprint density at radius 3 is 2.39 bits per heavy atom. The number of hydrazine groups is 1. The van der Waals surface area contributed by atoms with Crippen LogP contribution in [0.2, 0.25) is 0 Å². The third-order valence-electron chi connectivity index (χ3n) is 1.85. The number of nitrogens with one attached hydrogen (secondary N) is 2. The number of aliphatic hydroxyl groups is 1. The number of aliphatic hydroxyl groups excluding tert-OH is 1. The molecule has 7 nitrogen and oxygen atoms in total. The predicted octanol–water partition coefficient (Wildman–Crippen LogP) is -0.771. The Hall–Kier alpha value is -1.55. The summed E-state index contributed by atoms with van der Waals surface area (Å²) >= 11 is 0. The van der Waals surface area contributed by atoms with Crippen molar-refractivity contribution < 1.29 is 32.6 Å². The molecule has 0 aromatic heterocycles. The average molecular weight is 273 g/mol. The second kappa shape index (κ2) is 7.01. The van der Waals surface area contributed by atoms with Gasteiger partial charge in [0.1, 0.15) is 6.54 Å². The Morgan fingerprint density at radius 2 is 2.00 bits per heavy atom. The highest BCUT2D eigenvalue weighted by molar-refractivity contribution is 5.80. The molecule has 0 fully saturated rings. The van der Waals surface area contributed by atoms with E-state index < -0.39 is 37.4 Å². The minimum Gasteiger partial charge on any atom is -0.468 e. The molecular weight excluding hydrogens is 259 g/mol. The highest BCUT2D eigenvalue weighted by Gasteiger charge is 2.38. The van der Waals surface area contributed by atoms with Crippen LogP contribution in [0.4, 0.5) is 18.0 Å². The van der Waals surface area contributed by atoms with Crippen LogP contribution in [0.1, 0.15) is 0 Å². The van der Waals surface area contributed by atoms with E-state index in [9.17, 15) is 22.8 Å². The van der Waals surface area contributed by atoms with Crippen molar-refractivity contribution in [2.75, 3.05) is 27.2 Å². The van der Waals surface area contributed by atoms with E-state index in [1.165, 1.54) is 7.05 Å². The first-order valence-electron chi connectivity index (χ1n) is 4.76. The Labute approximate surface area is 101 Å². The van der Waals surface area contributed by atoms with Gasteiger partial charge in [0.2, 0.25) is 0 Å². The van der Waals surface area contributed by atoms with Crippen molar-refractivity contribution in [2.45, 2.75) is 12.3 Å². The molecule has 0 aliphatic heterocycles. The monoisotopic (exact) mass is 273 g/mol. The largest absolute Gasteiger partial charge is 0.468 e. The molecule has 0 rings (SSSR count). The summed E-state index contributed by atoms with van der Waals surface area (Å²) in [6.07, 6.45) is -7.49. The van der Waals surface area contributed by atoms with E-state index >= 15 is 0 Å². The van der Waals surface area contributed by atoms with Crippen LogP contribution >= 0.6 is 0 Å². The van der Waals surface area contributed by atoms with Gasteiger partial charge in [0, 0.05) is 7.05 Å². The van der Waals surface area contributed by atoms with Gasteiger partial charge in [-0.3, -0.25) is 4.79 Å². The van der Waals surface area contributed by atoms with Crippen LogP contribution in [0.3, 0.4) is 0 Å². The second-order valence-electron chi connectivity index (χ2n) is 3.13. The lowest BCUT2D eigenvalue weighted by Crippen LogP contribution is -2.52. The molecular formula is C8H14F3N3O4. The molecule has 2 amide bonds. The number of carbonyl (C=O) groups is 2. The molecule has 0 saturated carbocycles. The topological polar surface area (TPSA) is 90.9 Å². The summed E-state index contributed by atoms with van der Waals surface area (Å²) in [7, 11) is 2.39. The van der Waals surface area contributed by atoms with E-state index in [-0.39, 0.29) is 0 Å². The minimum absolute atomic E-state index is 0.485. The number of hydrogen-bond donors (Lipinski definition) is 3. The molecule has 1 atom stereocenters. The number of ether oxygens (including phenoxy) is 1. The number of esters is 1. The van der Waals surface area contributed by atoms with Crippen molar-refractivity contribution >= 4 is 12.0 Å². The van der Waals surface area contributed by atoms with Crippen molar-refractivity contribution in [1.29, 1.82) is 0 Å². The summed E-state index contributed by atoms with van der Waals surface area (Å²) in [5, 5.41) is 11.2. The first-order chi connectivity index (χ1) is 8.22. The average Bonchev–Trinajstić information content (AvgIpc) is 2.30. The number of methoxy groups -OCH3 is 1. The van der Waals surface area contributed by atoms with E-state index in [0.717, 1.165) is 7.11 Å². The third-order valence-corrected chi connectivity index (χ3v) is 1.85. The maximum absolute atomic E-state index is 11.9. The first kappa shape index (κ1) is 16.4. The van der Waals surface area contributed by atoms with E-state index in [2.05, 4.69) is 10.2 Å². The van der Waals surface area contributed by atoms with Crippen LogP contribution in [-0.4, -0.2) is 61.6 Å². The second-order valence-corrected chi connectivity index (χ2v) is 3.13. The Bertz CT molecular complexity index is 298. The van der Waals surface area contributed by atoms with Gasteiger partial charge in [0.25, 0.3) is 0 Å². The van der Waals surface area contributed by atoms with E-state index in [1.54, 1.807) is 0 Å². The van der Waals surface area contributed by atoms with Crippen LogP contribution in [0.5, 0.6) is 0 Å². The van der Waals surface area contributed by atoms with Crippen LogP contribution < -0.4 is 10.7 Å². The maximum Gasteiger partial charge on any atom is 0.416 e. The van der Waals surface area contributed by atoms with Gasteiger partial charge in [-0.25, -0.2) is 15.2 Å². The van der Waals surface area contributed by atoms with Crippen LogP contribution in [0, 0.1) is 0 Å². The Kier molecular flexibility index (Phi) is 6.41. The van der Waals surface area contributed by atoms with Gasteiger partial charge in [-0.15, -0.1) is 0 Å². The summed E-state index contributed by atoms with van der Waals surface area (Å²) in [4.78, 5) is 22.2. The zero-order chi connectivity index (χ0) is 14.3. The van der Waals surface area contributed by atoms with Crippen molar-refractivity contribution in [3.05, 3.63) is 0 Å². The lowest BCUT2D eigenvalue weighted by atomic mass is 10.3. The number of urea groups is 1. The third kappa shape index (κ3) is 5.68. The SMILES string of the molecule is CNN(CC(=O)OC)C(=O)NCC(O)C(F)(F)F. The molecule has 18 heavy (non-hydrogen) atoms. The summed E-state index contributed by atoms with van der Waals surface area (Å²) in [5.41, 5.74) is 2.29. The molecule has 0 radical (unpaired) electrons. The maximum atomic E-state index is 11.9. The van der Waals surface area contributed by atoms with Gasteiger partial charge in [-0.05, 0) is 0 Å². The molecule has 3 N–H and O–H groups in total. The van der Waals surface area contributed by atoms with Gasteiger partial charge >= 0.3 is 18.2 Å². The highest BCUT2D eigenvalue weighted by Crippen LogP contribution is 2.19. The smallest absolute Gasteiger partial charge is 0.416 e. The first-order valence-corrected chi connectivity index (χ1v) is 4.76. The minimum atomic E-state index is -4.82. The number of rotatable bonds is 5. The molecule has 0 bridgehead atoms. The summed E-state index contributed by atoms with van der Waals surface area (Å²) < 4.78 is 40.1. The van der Waals surface area contributed by atoms with Crippen LogP contribution in [-0.2, 0) is 9.53 Å². The van der Waals surface area contributed by atoms with E-state index in [0.29, 0.717) is 5.01 Å². The zero-order valence-corrected chi connectivity index (χ0v) is 9.74. The molecule has 0 saturated heterocycles. The zero-order valence-electron chi connectivity index (χ0n) is 9.74. The quantitative estimate of drug-likeness (QED) is 0.452. The van der Waals surface area contributed by atoms with E-state index in [4.69, 9.17) is 5.11 Å². The molecule has 0 aromatic carbocycles. The number of halogens is 3. The molecule has 0 aliphatic carbocycles. The van der Waals surface area contributed by atoms with Gasteiger partial charge in [-0.1, -0.05) is 0 Å².